The highest BCUT2D eigenvalue weighted by Gasteiger charge is 2.15. The van der Waals surface area contributed by atoms with Crippen molar-refractivity contribution in [3.63, 3.8) is 0 Å². The molecule has 0 saturated heterocycles. The van der Waals surface area contributed by atoms with E-state index in [1.54, 1.807) is 0 Å². The zero-order valence-corrected chi connectivity index (χ0v) is 8.47. The van der Waals surface area contributed by atoms with Crippen LogP contribution in [-0.2, 0) is 0 Å². The van der Waals surface area contributed by atoms with E-state index in [-0.39, 0.29) is 0 Å². The predicted octanol–water partition coefficient (Wildman–Crippen LogP) is 3.14. The minimum Gasteiger partial charge on any atom is -0.386 e. The average Bonchev–Trinajstić information content (AvgIpc) is 2.62. The van der Waals surface area contributed by atoms with E-state index in [0.29, 0.717) is 0 Å². The molecule has 0 aromatic heterocycles. The molecule has 0 atom stereocenters. The van der Waals surface area contributed by atoms with Crippen LogP contribution in [0.2, 0.25) is 0 Å². The second kappa shape index (κ2) is 3.99. The van der Waals surface area contributed by atoms with Gasteiger partial charge in [0.25, 0.3) is 0 Å². The van der Waals surface area contributed by atoms with E-state index in [0.717, 1.165) is 6.04 Å². The van der Waals surface area contributed by atoms with Gasteiger partial charge in [-0.2, -0.15) is 0 Å². The van der Waals surface area contributed by atoms with Crippen LogP contribution in [0.25, 0.3) is 0 Å². The maximum absolute atomic E-state index is 3.65. The monoisotopic (exact) mass is 177 g/mol. The summed E-state index contributed by atoms with van der Waals surface area (Å²) in [6.07, 6.45) is 12.6. The van der Waals surface area contributed by atoms with E-state index in [1.807, 2.05) is 0 Å². The zero-order chi connectivity index (χ0) is 9.10. The molecule has 1 fully saturated rings. The maximum Gasteiger partial charge on any atom is 0.0258 e. The molecule has 0 bridgehead atoms. The lowest BCUT2D eigenvalue weighted by Gasteiger charge is -2.19. The molecule has 0 heterocycles. The van der Waals surface area contributed by atoms with Crippen LogP contribution in [0.5, 0.6) is 0 Å². The minimum absolute atomic E-state index is 0.776. The lowest BCUT2D eigenvalue weighted by molar-refractivity contribution is 0.565. The van der Waals surface area contributed by atoms with Crippen molar-refractivity contribution in [2.24, 2.45) is 0 Å². The van der Waals surface area contributed by atoms with Gasteiger partial charge in [-0.15, -0.1) is 0 Å². The molecular weight excluding hydrogens is 158 g/mol. The molecule has 0 spiro atoms. The average molecular weight is 177 g/mol. The Kier molecular flexibility index (Phi) is 2.72. The fourth-order valence-electron chi connectivity index (χ4n) is 2.19. The highest BCUT2D eigenvalue weighted by molar-refractivity contribution is 5.22. The third kappa shape index (κ3) is 2.36. The topological polar surface area (TPSA) is 12.0 Å². The van der Waals surface area contributed by atoms with Crippen molar-refractivity contribution in [2.45, 2.75) is 51.5 Å². The smallest absolute Gasteiger partial charge is 0.0258 e. The fourth-order valence-corrected chi connectivity index (χ4v) is 2.19. The van der Waals surface area contributed by atoms with Gasteiger partial charge in [0, 0.05) is 11.7 Å². The van der Waals surface area contributed by atoms with E-state index in [9.17, 15) is 0 Å². The normalized spacial score (nSPS) is 24.1. The van der Waals surface area contributed by atoms with E-state index in [2.05, 4.69) is 24.4 Å². The van der Waals surface area contributed by atoms with Gasteiger partial charge in [-0.3, -0.25) is 0 Å². The zero-order valence-electron chi connectivity index (χ0n) is 8.47. The van der Waals surface area contributed by atoms with Gasteiger partial charge in [-0.25, -0.2) is 0 Å². The Balaban J connectivity index is 1.87. The number of allylic oxidation sites excluding steroid dienone is 4. The van der Waals surface area contributed by atoms with Gasteiger partial charge in [0.15, 0.2) is 0 Å². The number of rotatable bonds is 2. The molecule has 0 amide bonds. The summed E-state index contributed by atoms with van der Waals surface area (Å²) in [5, 5.41) is 3.65. The molecule has 2 aliphatic carbocycles. The third-order valence-electron chi connectivity index (χ3n) is 3.10. The Labute approximate surface area is 80.9 Å². The first-order valence-corrected chi connectivity index (χ1v) is 5.47. The van der Waals surface area contributed by atoms with Crippen LogP contribution in [0.15, 0.2) is 23.4 Å². The first-order chi connectivity index (χ1) is 6.34. The fraction of sp³-hybridized carbons (Fsp3) is 0.667. The molecule has 1 heteroatoms. The van der Waals surface area contributed by atoms with Crippen LogP contribution >= 0.6 is 0 Å². The Morgan fingerprint density at radius 2 is 1.92 bits per heavy atom. The van der Waals surface area contributed by atoms with E-state index in [1.165, 1.54) is 49.8 Å². The largest absolute Gasteiger partial charge is 0.386 e. The number of hydrogen-bond donors (Lipinski definition) is 1. The highest BCUT2D eigenvalue weighted by atomic mass is 14.9. The molecule has 0 aliphatic heterocycles. The van der Waals surface area contributed by atoms with Gasteiger partial charge in [-0.1, -0.05) is 24.5 Å². The summed E-state index contributed by atoms with van der Waals surface area (Å²) in [4.78, 5) is 0. The molecule has 2 aliphatic rings. The van der Waals surface area contributed by atoms with Crippen molar-refractivity contribution in [3.05, 3.63) is 23.4 Å². The second-order valence-electron chi connectivity index (χ2n) is 4.33. The summed E-state index contributed by atoms with van der Waals surface area (Å²) >= 11 is 0. The second-order valence-corrected chi connectivity index (χ2v) is 4.33. The summed E-state index contributed by atoms with van der Waals surface area (Å²) in [5.41, 5.74) is 2.97. The first-order valence-electron chi connectivity index (χ1n) is 5.47. The van der Waals surface area contributed by atoms with Crippen molar-refractivity contribution in [3.8, 4) is 0 Å². The van der Waals surface area contributed by atoms with Crippen LogP contribution in [0.1, 0.15) is 45.4 Å². The van der Waals surface area contributed by atoms with Gasteiger partial charge < -0.3 is 5.32 Å². The van der Waals surface area contributed by atoms with Crippen LogP contribution in [-0.4, -0.2) is 6.04 Å². The molecule has 72 valence electrons. The van der Waals surface area contributed by atoms with Crippen LogP contribution in [0.4, 0.5) is 0 Å². The number of nitrogens with one attached hydrogen (secondary N) is 1. The molecule has 0 aromatic rings. The lowest BCUT2D eigenvalue weighted by atomic mass is 10.0. The summed E-state index contributed by atoms with van der Waals surface area (Å²) < 4.78 is 0. The molecule has 0 aromatic carbocycles. The van der Waals surface area contributed by atoms with Gasteiger partial charge in [-0.05, 0) is 38.7 Å². The summed E-state index contributed by atoms with van der Waals surface area (Å²) in [6.45, 7) is 2.21. The van der Waals surface area contributed by atoms with Gasteiger partial charge in [0.1, 0.15) is 0 Å². The van der Waals surface area contributed by atoms with Crippen LogP contribution < -0.4 is 5.32 Å². The van der Waals surface area contributed by atoms with E-state index in [4.69, 9.17) is 0 Å². The van der Waals surface area contributed by atoms with Crippen molar-refractivity contribution in [1.29, 1.82) is 0 Å². The summed E-state index contributed by atoms with van der Waals surface area (Å²) in [7, 11) is 0. The van der Waals surface area contributed by atoms with Crippen molar-refractivity contribution < 1.29 is 0 Å². The lowest BCUT2D eigenvalue weighted by Crippen LogP contribution is -2.25. The Hall–Kier alpha value is -0.720. The quantitative estimate of drug-likeness (QED) is 0.683. The van der Waals surface area contributed by atoms with E-state index >= 15 is 0 Å². The van der Waals surface area contributed by atoms with Gasteiger partial charge in [0.05, 0.1) is 0 Å². The predicted molar refractivity (Wildman–Crippen MR) is 56.5 cm³/mol. The highest BCUT2D eigenvalue weighted by Crippen LogP contribution is 2.22. The summed E-state index contributed by atoms with van der Waals surface area (Å²) in [6, 6.07) is 0.776. The molecular formula is C12H19N. The Morgan fingerprint density at radius 1 is 1.15 bits per heavy atom. The minimum atomic E-state index is 0.776. The Morgan fingerprint density at radius 3 is 2.54 bits per heavy atom. The summed E-state index contributed by atoms with van der Waals surface area (Å²) in [5.74, 6) is 0. The SMILES string of the molecule is CC1=CC=C(NC2CCCC2)CC1. The molecule has 1 nitrogen and oxygen atoms in total. The standard InChI is InChI=1S/C12H19N/c1-10-6-8-12(9-7-10)13-11-4-2-3-5-11/h6,8,11,13H,2-5,7,9H2,1H3. The molecule has 1 saturated carbocycles. The van der Waals surface area contributed by atoms with E-state index < -0.39 is 0 Å². The van der Waals surface area contributed by atoms with Gasteiger partial charge >= 0.3 is 0 Å². The molecule has 1 N–H and O–H groups in total. The van der Waals surface area contributed by atoms with Crippen molar-refractivity contribution in [2.75, 3.05) is 0 Å². The maximum atomic E-state index is 3.65. The molecule has 13 heavy (non-hydrogen) atoms. The van der Waals surface area contributed by atoms with Crippen LogP contribution in [0, 0.1) is 0 Å². The Bertz CT molecular complexity index is 232. The molecule has 0 radical (unpaired) electrons. The van der Waals surface area contributed by atoms with Crippen molar-refractivity contribution in [1.82, 2.24) is 5.32 Å². The first kappa shape index (κ1) is 8.86. The third-order valence-corrected chi connectivity index (χ3v) is 3.10. The van der Waals surface area contributed by atoms with Gasteiger partial charge in [0.2, 0.25) is 0 Å². The molecule has 0 unspecified atom stereocenters. The van der Waals surface area contributed by atoms with Crippen LogP contribution in [0.3, 0.4) is 0 Å². The molecule has 2 rings (SSSR count). The van der Waals surface area contributed by atoms with Crippen molar-refractivity contribution >= 4 is 0 Å². The number of hydrogen-bond acceptors (Lipinski definition) is 1.